The van der Waals surface area contributed by atoms with Gasteiger partial charge in [0.15, 0.2) is 6.61 Å². The van der Waals surface area contributed by atoms with E-state index in [1.807, 2.05) is 12.1 Å². The highest BCUT2D eigenvalue weighted by Gasteiger charge is 2.32. The van der Waals surface area contributed by atoms with Crippen LogP contribution in [0.3, 0.4) is 0 Å². The Morgan fingerprint density at radius 1 is 1.21 bits per heavy atom. The van der Waals surface area contributed by atoms with Gasteiger partial charge < -0.3 is 10.1 Å². The van der Waals surface area contributed by atoms with Crippen molar-refractivity contribution in [2.45, 2.75) is 31.2 Å². The van der Waals surface area contributed by atoms with Crippen LogP contribution in [-0.2, 0) is 26.0 Å². The van der Waals surface area contributed by atoms with Crippen molar-refractivity contribution in [3.63, 3.8) is 0 Å². The van der Waals surface area contributed by atoms with Crippen molar-refractivity contribution >= 4 is 39.2 Å². The summed E-state index contributed by atoms with van der Waals surface area (Å²) in [6.07, 6.45) is 0.597. The summed E-state index contributed by atoms with van der Waals surface area (Å²) in [4.78, 5) is 23.8. The highest BCUT2D eigenvalue weighted by atomic mass is 35.5. The standard InChI is InChI=1S/C20H21ClN2O5S/c1-13(2)22-19(24)12-28-20(25)15-7-8-16(21)18(11-15)29(26,27)23-10-9-14-5-3-4-6-17(14)23/h3-8,11,13H,9-10,12H2,1-2H3,(H,22,24). The Bertz CT molecular complexity index is 1050. The molecule has 0 atom stereocenters. The van der Waals surface area contributed by atoms with Crippen molar-refractivity contribution in [2.75, 3.05) is 17.5 Å². The fourth-order valence-corrected chi connectivity index (χ4v) is 5.09. The second-order valence-electron chi connectivity index (χ2n) is 6.90. The lowest BCUT2D eigenvalue weighted by molar-refractivity contribution is -0.124. The highest BCUT2D eigenvalue weighted by molar-refractivity contribution is 7.93. The van der Waals surface area contributed by atoms with Crippen molar-refractivity contribution < 1.29 is 22.7 Å². The number of para-hydroxylation sites is 1. The molecule has 2 aromatic carbocycles. The third kappa shape index (κ3) is 4.54. The maximum absolute atomic E-state index is 13.2. The van der Waals surface area contributed by atoms with Crippen LogP contribution in [0.1, 0.15) is 29.8 Å². The monoisotopic (exact) mass is 436 g/mol. The lowest BCUT2D eigenvalue weighted by Gasteiger charge is -2.20. The maximum Gasteiger partial charge on any atom is 0.338 e. The minimum Gasteiger partial charge on any atom is -0.452 e. The Balaban J connectivity index is 1.84. The van der Waals surface area contributed by atoms with Gasteiger partial charge in [0.05, 0.1) is 16.3 Å². The first-order valence-electron chi connectivity index (χ1n) is 9.07. The molecular weight excluding hydrogens is 416 g/mol. The smallest absolute Gasteiger partial charge is 0.338 e. The van der Waals surface area contributed by atoms with E-state index in [1.165, 1.54) is 22.5 Å². The predicted octanol–water partition coefficient (Wildman–Crippen LogP) is 2.77. The van der Waals surface area contributed by atoms with E-state index < -0.39 is 28.5 Å². The number of fused-ring (bicyclic) bond motifs is 1. The predicted molar refractivity (Wildman–Crippen MR) is 110 cm³/mol. The minimum absolute atomic E-state index is 0.00203. The van der Waals surface area contributed by atoms with Gasteiger partial charge in [0.25, 0.3) is 15.9 Å². The fourth-order valence-electron chi connectivity index (χ4n) is 3.08. The van der Waals surface area contributed by atoms with Crippen molar-refractivity contribution in [1.82, 2.24) is 5.32 Å². The number of rotatable bonds is 6. The summed E-state index contributed by atoms with van der Waals surface area (Å²) in [6, 6.07) is 11.0. The van der Waals surface area contributed by atoms with Gasteiger partial charge in [-0.15, -0.1) is 0 Å². The normalized spacial score (nSPS) is 13.3. The molecule has 0 bridgehead atoms. The molecule has 0 saturated carbocycles. The van der Waals surface area contributed by atoms with Crippen molar-refractivity contribution in [3.8, 4) is 0 Å². The van der Waals surface area contributed by atoms with Gasteiger partial charge in [-0.1, -0.05) is 29.8 Å². The molecule has 0 fully saturated rings. The van der Waals surface area contributed by atoms with Gasteiger partial charge in [0.2, 0.25) is 0 Å². The van der Waals surface area contributed by atoms with E-state index in [4.69, 9.17) is 16.3 Å². The number of carbonyl (C=O) groups is 2. The Kier molecular flexibility index (Phi) is 6.14. The summed E-state index contributed by atoms with van der Waals surface area (Å²) in [7, 11) is -3.97. The number of anilines is 1. The Labute approximate surface area is 174 Å². The second kappa shape index (κ2) is 8.42. The zero-order valence-electron chi connectivity index (χ0n) is 16.0. The summed E-state index contributed by atoms with van der Waals surface area (Å²) in [5.41, 5.74) is 1.53. The lowest BCUT2D eigenvalue weighted by Crippen LogP contribution is -2.34. The number of halogens is 1. The first-order chi connectivity index (χ1) is 13.7. The van der Waals surface area contributed by atoms with Crippen LogP contribution in [0.2, 0.25) is 5.02 Å². The first-order valence-corrected chi connectivity index (χ1v) is 10.9. The molecule has 0 radical (unpaired) electrons. The number of benzene rings is 2. The van der Waals surface area contributed by atoms with E-state index in [0.29, 0.717) is 18.7 Å². The van der Waals surface area contributed by atoms with Gasteiger partial charge in [-0.05, 0) is 50.1 Å². The van der Waals surface area contributed by atoms with Gasteiger partial charge in [-0.25, -0.2) is 13.2 Å². The average Bonchev–Trinajstić information content (AvgIpc) is 3.10. The fraction of sp³-hybridized carbons (Fsp3) is 0.300. The van der Waals surface area contributed by atoms with Crippen LogP contribution < -0.4 is 9.62 Å². The van der Waals surface area contributed by atoms with Crippen LogP contribution in [0, 0.1) is 0 Å². The molecule has 1 heterocycles. The molecule has 1 aliphatic heterocycles. The van der Waals surface area contributed by atoms with Crippen molar-refractivity contribution in [3.05, 3.63) is 58.6 Å². The molecule has 1 aliphatic rings. The number of nitrogens with one attached hydrogen (secondary N) is 1. The third-order valence-electron chi connectivity index (χ3n) is 4.36. The molecule has 0 unspecified atom stereocenters. The van der Waals surface area contributed by atoms with Gasteiger partial charge in [-0.2, -0.15) is 0 Å². The molecule has 0 spiro atoms. The van der Waals surface area contributed by atoms with E-state index >= 15 is 0 Å². The summed E-state index contributed by atoms with van der Waals surface area (Å²) in [6.45, 7) is 3.41. The Morgan fingerprint density at radius 2 is 1.93 bits per heavy atom. The van der Waals surface area contributed by atoms with Gasteiger partial charge in [0, 0.05) is 12.6 Å². The average molecular weight is 437 g/mol. The van der Waals surface area contributed by atoms with Crippen LogP contribution >= 0.6 is 11.6 Å². The number of esters is 1. The number of ether oxygens (including phenoxy) is 1. The van der Waals surface area contributed by atoms with Crippen LogP contribution in [0.4, 0.5) is 5.69 Å². The molecular formula is C20H21ClN2O5S. The quantitative estimate of drug-likeness (QED) is 0.703. The van der Waals surface area contributed by atoms with Gasteiger partial charge >= 0.3 is 5.97 Å². The second-order valence-corrected chi connectivity index (χ2v) is 9.14. The molecule has 154 valence electrons. The zero-order chi connectivity index (χ0) is 21.2. The van der Waals surface area contributed by atoms with Gasteiger partial charge in [0.1, 0.15) is 4.90 Å². The summed E-state index contributed by atoms with van der Waals surface area (Å²) in [5.74, 6) is -1.25. The van der Waals surface area contributed by atoms with Crippen LogP contribution in [0.15, 0.2) is 47.4 Å². The maximum atomic E-state index is 13.2. The molecule has 2 aromatic rings. The number of hydrogen-bond donors (Lipinski definition) is 1. The summed E-state index contributed by atoms with van der Waals surface area (Å²) < 4.78 is 32.7. The molecule has 7 nitrogen and oxygen atoms in total. The molecule has 1 N–H and O–H groups in total. The topological polar surface area (TPSA) is 92.8 Å². The van der Waals surface area contributed by atoms with Crippen LogP contribution in [0.5, 0.6) is 0 Å². The highest BCUT2D eigenvalue weighted by Crippen LogP contribution is 2.35. The molecule has 0 aliphatic carbocycles. The lowest BCUT2D eigenvalue weighted by atomic mass is 10.2. The van der Waals surface area contributed by atoms with Crippen molar-refractivity contribution in [2.24, 2.45) is 0 Å². The molecule has 0 saturated heterocycles. The molecule has 1 amide bonds. The number of amides is 1. The Hall–Kier alpha value is -2.58. The van der Waals surface area contributed by atoms with E-state index in [1.54, 1.807) is 26.0 Å². The van der Waals surface area contributed by atoms with Crippen molar-refractivity contribution in [1.29, 1.82) is 0 Å². The number of carbonyl (C=O) groups excluding carboxylic acids is 2. The van der Waals surface area contributed by atoms with E-state index in [0.717, 1.165) is 5.56 Å². The molecule has 9 heteroatoms. The number of hydrogen-bond acceptors (Lipinski definition) is 5. The molecule has 0 aromatic heterocycles. The number of nitrogens with zero attached hydrogens (tertiary/aromatic N) is 1. The third-order valence-corrected chi connectivity index (χ3v) is 6.66. The summed E-state index contributed by atoms with van der Waals surface area (Å²) >= 11 is 6.15. The van der Waals surface area contributed by atoms with Gasteiger partial charge in [-0.3, -0.25) is 9.10 Å². The summed E-state index contributed by atoms with van der Waals surface area (Å²) in [5, 5.41) is 2.60. The Morgan fingerprint density at radius 3 is 2.66 bits per heavy atom. The molecule has 29 heavy (non-hydrogen) atoms. The van der Waals surface area contributed by atoms with Crippen LogP contribution in [0.25, 0.3) is 0 Å². The zero-order valence-corrected chi connectivity index (χ0v) is 17.6. The molecule has 3 rings (SSSR count). The first kappa shape index (κ1) is 21.1. The number of sulfonamides is 1. The van der Waals surface area contributed by atoms with E-state index in [-0.39, 0.29) is 21.5 Å². The van der Waals surface area contributed by atoms with E-state index in [2.05, 4.69) is 5.32 Å². The minimum atomic E-state index is -3.97. The SMILES string of the molecule is CC(C)NC(=O)COC(=O)c1ccc(Cl)c(S(=O)(=O)N2CCc3ccccc32)c1. The largest absolute Gasteiger partial charge is 0.452 e. The van der Waals surface area contributed by atoms with E-state index in [9.17, 15) is 18.0 Å². The van der Waals surface area contributed by atoms with Crippen LogP contribution in [-0.4, -0.2) is 39.5 Å².